The quantitative estimate of drug-likeness (QED) is 0.780. The lowest BCUT2D eigenvalue weighted by molar-refractivity contribution is -0.145. The fourth-order valence-electron chi connectivity index (χ4n) is 2.62. The van der Waals surface area contributed by atoms with Crippen LogP contribution in [0.3, 0.4) is 0 Å². The lowest BCUT2D eigenvalue weighted by atomic mass is 10.1. The number of methoxy groups -OCH3 is 1. The number of likely N-dealkylation sites (tertiary alicyclic amines) is 1. The number of carbonyl (C=O) groups is 2. The molecular weight excluding hydrogens is 270 g/mol. The summed E-state index contributed by atoms with van der Waals surface area (Å²) >= 11 is 0. The molecule has 0 N–H and O–H groups in total. The number of benzene rings is 1. The van der Waals surface area contributed by atoms with E-state index in [0.717, 1.165) is 11.3 Å². The van der Waals surface area contributed by atoms with Crippen LogP contribution in [-0.4, -0.2) is 37.0 Å². The van der Waals surface area contributed by atoms with Crippen LogP contribution in [0.2, 0.25) is 0 Å². The Morgan fingerprint density at radius 3 is 2.62 bits per heavy atom. The summed E-state index contributed by atoms with van der Waals surface area (Å²) in [6.45, 7) is 4.94. The zero-order valence-electron chi connectivity index (χ0n) is 12.7. The standard InChI is InChI=1S/C16H21NO4/c1-4-21-14-7-5-12(6-8-14)11(2)17-10-13(9-15(17)18)16(19)20-3/h5-8,11,13H,4,9-10H2,1-3H3. The SMILES string of the molecule is CCOc1ccc(C(C)N2CC(C(=O)OC)CC2=O)cc1. The van der Waals surface area contributed by atoms with E-state index in [4.69, 9.17) is 9.47 Å². The maximum absolute atomic E-state index is 12.1. The topological polar surface area (TPSA) is 55.8 Å². The summed E-state index contributed by atoms with van der Waals surface area (Å²) in [5.74, 6) is 0.137. The van der Waals surface area contributed by atoms with Gasteiger partial charge >= 0.3 is 5.97 Å². The van der Waals surface area contributed by atoms with Gasteiger partial charge in [0.05, 0.1) is 25.7 Å². The van der Waals surface area contributed by atoms with E-state index in [1.54, 1.807) is 4.90 Å². The van der Waals surface area contributed by atoms with Gasteiger partial charge < -0.3 is 14.4 Å². The zero-order valence-corrected chi connectivity index (χ0v) is 12.7. The van der Waals surface area contributed by atoms with E-state index in [1.807, 2.05) is 38.1 Å². The van der Waals surface area contributed by atoms with Crippen LogP contribution in [0.5, 0.6) is 5.75 Å². The van der Waals surface area contributed by atoms with Gasteiger partial charge in [-0.15, -0.1) is 0 Å². The van der Waals surface area contributed by atoms with Gasteiger partial charge in [-0.1, -0.05) is 12.1 Å². The first-order chi connectivity index (χ1) is 10.1. The van der Waals surface area contributed by atoms with Crippen molar-refractivity contribution in [2.24, 2.45) is 5.92 Å². The molecule has 1 aromatic rings. The Morgan fingerprint density at radius 1 is 1.38 bits per heavy atom. The molecule has 2 rings (SSSR count). The highest BCUT2D eigenvalue weighted by atomic mass is 16.5. The van der Waals surface area contributed by atoms with Gasteiger partial charge in [-0.3, -0.25) is 9.59 Å². The molecule has 0 spiro atoms. The van der Waals surface area contributed by atoms with Gasteiger partial charge in [-0.2, -0.15) is 0 Å². The maximum atomic E-state index is 12.1. The molecule has 0 radical (unpaired) electrons. The van der Waals surface area contributed by atoms with Crippen LogP contribution in [0.15, 0.2) is 24.3 Å². The molecule has 1 aliphatic rings. The summed E-state index contributed by atoms with van der Waals surface area (Å²) in [5, 5.41) is 0. The molecule has 114 valence electrons. The highest BCUT2D eigenvalue weighted by Crippen LogP contribution is 2.29. The summed E-state index contributed by atoms with van der Waals surface area (Å²) in [5.41, 5.74) is 1.03. The molecule has 0 aromatic heterocycles. The lowest BCUT2D eigenvalue weighted by Gasteiger charge is -2.25. The van der Waals surface area contributed by atoms with Crippen molar-refractivity contribution in [3.05, 3.63) is 29.8 Å². The third-order valence-corrected chi connectivity index (χ3v) is 3.83. The molecule has 1 fully saturated rings. The second kappa shape index (κ2) is 6.61. The molecule has 1 amide bonds. The number of carbonyl (C=O) groups excluding carboxylic acids is 2. The minimum absolute atomic E-state index is 0.00761. The minimum atomic E-state index is -0.354. The molecule has 1 aromatic carbocycles. The number of amides is 1. The summed E-state index contributed by atoms with van der Waals surface area (Å²) in [6, 6.07) is 7.63. The summed E-state index contributed by atoms with van der Waals surface area (Å²) in [7, 11) is 1.35. The van der Waals surface area contributed by atoms with Gasteiger partial charge in [0.15, 0.2) is 0 Å². The Morgan fingerprint density at radius 2 is 2.05 bits per heavy atom. The Hall–Kier alpha value is -2.04. The molecular formula is C16H21NO4. The maximum Gasteiger partial charge on any atom is 0.310 e. The number of ether oxygens (including phenoxy) is 2. The summed E-state index contributed by atoms with van der Waals surface area (Å²) in [6.07, 6.45) is 0.230. The highest BCUT2D eigenvalue weighted by molar-refractivity contribution is 5.87. The Bertz CT molecular complexity index is 512. The minimum Gasteiger partial charge on any atom is -0.494 e. The van der Waals surface area contributed by atoms with E-state index in [1.165, 1.54) is 7.11 Å². The van der Waals surface area contributed by atoms with Crippen molar-refractivity contribution in [2.45, 2.75) is 26.3 Å². The van der Waals surface area contributed by atoms with Crippen molar-refractivity contribution in [1.82, 2.24) is 4.90 Å². The largest absolute Gasteiger partial charge is 0.494 e. The molecule has 1 heterocycles. The number of nitrogens with zero attached hydrogens (tertiary/aromatic N) is 1. The van der Waals surface area contributed by atoms with Crippen LogP contribution in [0.25, 0.3) is 0 Å². The van der Waals surface area contributed by atoms with Gasteiger partial charge in [0.25, 0.3) is 0 Å². The normalized spacial score (nSPS) is 19.5. The van der Waals surface area contributed by atoms with E-state index >= 15 is 0 Å². The Balaban J connectivity index is 2.07. The number of hydrogen-bond acceptors (Lipinski definition) is 4. The van der Waals surface area contributed by atoms with E-state index in [-0.39, 0.29) is 30.3 Å². The van der Waals surface area contributed by atoms with Crippen molar-refractivity contribution in [3.8, 4) is 5.75 Å². The van der Waals surface area contributed by atoms with Gasteiger partial charge in [-0.05, 0) is 31.5 Å². The first-order valence-corrected chi connectivity index (χ1v) is 7.16. The van der Waals surface area contributed by atoms with Crippen LogP contribution in [0, 0.1) is 5.92 Å². The molecule has 5 heteroatoms. The van der Waals surface area contributed by atoms with Crippen molar-refractivity contribution in [1.29, 1.82) is 0 Å². The molecule has 0 saturated carbocycles. The van der Waals surface area contributed by atoms with Gasteiger partial charge in [-0.25, -0.2) is 0 Å². The molecule has 1 aliphatic heterocycles. The van der Waals surface area contributed by atoms with E-state index in [2.05, 4.69) is 0 Å². The first-order valence-electron chi connectivity index (χ1n) is 7.16. The fourth-order valence-corrected chi connectivity index (χ4v) is 2.62. The third kappa shape index (κ3) is 3.35. The second-order valence-electron chi connectivity index (χ2n) is 5.15. The number of esters is 1. The van der Waals surface area contributed by atoms with Crippen molar-refractivity contribution < 1.29 is 19.1 Å². The highest BCUT2D eigenvalue weighted by Gasteiger charge is 2.37. The number of rotatable bonds is 5. The fraction of sp³-hybridized carbons (Fsp3) is 0.500. The lowest BCUT2D eigenvalue weighted by Crippen LogP contribution is -2.29. The van der Waals surface area contributed by atoms with E-state index < -0.39 is 0 Å². The predicted molar refractivity (Wildman–Crippen MR) is 77.9 cm³/mol. The molecule has 0 bridgehead atoms. The molecule has 1 saturated heterocycles. The van der Waals surface area contributed by atoms with Crippen molar-refractivity contribution >= 4 is 11.9 Å². The Kier molecular flexibility index (Phi) is 4.83. The van der Waals surface area contributed by atoms with Crippen molar-refractivity contribution in [2.75, 3.05) is 20.3 Å². The van der Waals surface area contributed by atoms with Gasteiger partial charge in [0.1, 0.15) is 5.75 Å². The van der Waals surface area contributed by atoms with Gasteiger partial charge in [0, 0.05) is 13.0 Å². The third-order valence-electron chi connectivity index (χ3n) is 3.83. The summed E-state index contributed by atoms with van der Waals surface area (Å²) in [4.78, 5) is 25.4. The van der Waals surface area contributed by atoms with Crippen LogP contribution in [0.1, 0.15) is 31.9 Å². The summed E-state index contributed by atoms with van der Waals surface area (Å²) < 4.78 is 10.1. The molecule has 5 nitrogen and oxygen atoms in total. The van der Waals surface area contributed by atoms with Crippen LogP contribution in [0.4, 0.5) is 0 Å². The van der Waals surface area contributed by atoms with E-state index in [9.17, 15) is 9.59 Å². The Labute approximate surface area is 124 Å². The number of hydrogen-bond donors (Lipinski definition) is 0. The van der Waals surface area contributed by atoms with E-state index in [0.29, 0.717) is 13.2 Å². The average molecular weight is 291 g/mol. The first kappa shape index (κ1) is 15.4. The van der Waals surface area contributed by atoms with Crippen molar-refractivity contribution in [3.63, 3.8) is 0 Å². The van der Waals surface area contributed by atoms with Crippen LogP contribution >= 0.6 is 0 Å². The zero-order chi connectivity index (χ0) is 15.4. The molecule has 0 aliphatic carbocycles. The van der Waals surface area contributed by atoms with Crippen LogP contribution in [-0.2, 0) is 14.3 Å². The molecule has 2 unspecified atom stereocenters. The van der Waals surface area contributed by atoms with Gasteiger partial charge in [0.2, 0.25) is 5.91 Å². The monoisotopic (exact) mass is 291 g/mol. The smallest absolute Gasteiger partial charge is 0.310 e. The second-order valence-corrected chi connectivity index (χ2v) is 5.15. The predicted octanol–water partition coefficient (Wildman–Crippen LogP) is 2.17. The molecule has 21 heavy (non-hydrogen) atoms. The molecule has 2 atom stereocenters. The average Bonchev–Trinajstić information content (AvgIpc) is 2.89. The van der Waals surface area contributed by atoms with Crippen LogP contribution < -0.4 is 4.74 Å².